The van der Waals surface area contributed by atoms with Gasteiger partial charge in [-0.3, -0.25) is 14.4 Å². The number of carbonyl (C=O) groups excluding carboxylic acids is 2. The lowest BCUT2D eigenvalue weighted by atomic mass is 9.70. The van der Waals surface area contributed by atoms with Gasteiger partial charge in [0.25, 0.3) is 5.91 Å². The Balaban J connectivity index is 1.58. The van der Waals surface area contributed by atoms with E-state index in [1.807, 2.05) is 42.5 Å². The van der Waals surface area contributed by atoms with Gasteiger partial charge in [0, 0.05) is 30.2 Å². The average Bonchev–Trinajstić information content (AvgIpc) is 3.45. The molecule has 3 aliphatic heterocycles. The molecule has 2 N–H and O–H groups in total. The Morgan fingerprint density at radius 2 is 1.97 bits per heavy atom. The van der Waals surface area contributed by atoms with Crippen LogP contribution in [-0.2, 0) is 19.1 Å². The van der Waals surface area contributed by atoms with Crippen molar-refractivity contribution in [3.63, 3.8) is 0 Å². The molecule has 6 atom stereocenters. The summed E-state index contributed by atoms with van der Waals surface area (Å²) in [6.07, 6.45) is 2.28. The lowest BCUT2D eigenvalue weighted by Crippen LogP contribution is -2.57. The van der Waals surface area contributed by atoms with Crippen LogP contribution in [0.4, 0.5) is 5.69 Å². The van der Waals surface area contributed by atoms with E-state index in [-0.39, 0.29) is 36.3 Å². The third-order valence-corrected chi connectivity index (χ3v) is 8.58. The van der Waals surface area contributed by atoms with E-state index in [0.717, 1.165) is 10.8 Å². The Labute approximate surface area is 217 Å². The van der Waals surface area contributed by atoms with Crippen LogP contribution in [0.3, 0.4) is 0 Å². The highest BCUT2D eigenvalue weighted by Gasteiger charge is 2.76. The lowest BCUT2D eigenvalue weighted by Gasteiger charge is -2.37. The molecule has 0 saturated carbocycles. The van der Waals surface area contributed by atoms with Crippen molar-refractivity contribution in [1.82, 2.24) is 4.90 Å². The maximum Gasteiger partial charge on any atom is 0.310 e. The normalized spacial score (nSPS) is 30.6. The number of carboxylic acid groups (broad SMARTS) is 1. The Hall–Kier alpha value is -2.75. The SMILES string of the molecule is C=CCN(C(=O)C1N(CCCCO)C(=O)[C@@H]2[C@H](C(=O)O)[C@H]3OC12CC3Br)c1ccc2ccccc2c1. The van der Waals surface area contributed by atoms with Gasteiger partial charge < -0.3 is 24.7 Å². The quantitative estimate of drug-likeness (QED) is 0.279. The van der Waals surface area contributed by atoms with Crippen LogP contribution in [0.2, 0.25) is 0 Å². The monoisotopic (exact) mass is 556 g/mol. The van der Waals surface area contributed by atoms with Crippen LogP contribution < -0.4 is 4.90 Å². The Morgan fingerprint density at radius 3 is 2.67 bits per heavy atom. The maximum atomic E-state index is 14.4. The molecule has 8 nitrogen and oxygen atoms in total. The number of carbonyl (C=O) groups is 3. The molecule has 5 rings (SSSR count). The number of nitrogens with zero attached hydrogens (tertiary/aromatic N) is 2. The molecule has 190 valence electrons. The van der Waals surface area contributed by atoms with Crippen molar-refractivity contribution < 1.29 is 29.3 Å². The molecule has 2 aromatic rings. The molecular weight excluding hydrogens is 528 g/mol. The first-order valence-corrected chi connectivity index (χ1v) is 13.1. The number of amides is 2. The predicted octanol–water partition coefficient (Wildman–Crippen LogP) is 2.96. The second-order valence-electron chi connectivity index (χ2n) is 9.73. The fourth-order valence-corrected chi connectivity index (χ4v) is 7.21. The molecule has 0 aliphatic carbocycles. The number of carboxylic acids is 1. The summed E-state index contributed by atoms with van der Waals surface area (Å²) in [7, 11) is 0. The minimum atomic E-state index is -1.23. The second kappa shape index (κ2) is 9.61. The van der Waals surface area contributed by atoms with Crippen LogP contribution in [0, 0.1) is 11.8 Å². The van der Waals surface area contributed by atoms with Gasteiger partial charge in [-0.05, 0) is 42.2 Å². The highest BCUT2D eigenvalue weighted by atomic mass is 79.9. The van der Waals surface area contributed by atoms with E-state index in [0.29, 0.717) is 24.9 Å². The van der Waals surface area contributed by atoms with Crippen LogP contribution in [0.1, 0.15) is 19.3 Å². The van der Waals surface area contributed by atoms with Gasteiger partial charge in [0.1, 0.15) is 11.6 Å². The zero-order valence-corrected chi connectivity index (χ0v) is 21.3. The van der Waals surface area contributed by atoms with Crippen LogP contribution >= 0.6 is 15.9 Å². The van der Waals surface area contributed by atoms with E-state index in [1.165, 1.54) is 4.90 Å². The summed E-state index contributed by atoms with van der Waals surface area (Å²) < 4.78 is 6.33. The summed E-state index contributed by atoms with van der Waals surface area (Å²) in [5, 5.41) is 21.3. The number of benzene rings is 2. The third kappa shape index (κ3) is 3.76. The molecule has 2 bridgehead atoms. The van der Waals surface area contributed by atoms with Crippen molar-refractivity contribution in [2.24, 2.45) is 11.8 Å². The number of hydrogen-bond donors (Lipinski definition) is 2. The van der Waals surface area contributed by atoms with Crippen molar-refractivity contribution in [3.8, 4) is 0 Å². The molecule has 0 radical (unpaired) electrons. The average molecular weight is 557 g/mol. The number of aliphatic hydroxyl groups is 1. The minimum absolute atomic E-state index is 0.0330. The standard InChI is InChI=1S/C27H29BrN2O6/c1-2-11-29(18-10-9-16-7-3-4-8-17(16)14-18)25(33)23-27-15-19(28)22(36-27)20(26(34)35)21(27)24(32)30(23)12-5-6-13-31/h2-4,7-10,14,19-23,31H,1,5-6,11-13,15H2,(H,34,35)/t19?,20-,21-,22-,23?,27?/m0/s1. The summed E-state index contributed by atoms with van der Waals surface area (Å²) >= 11 is 3.56. The topological polar surface area (TPSA) is 107 Å². The third-order valence-electron chi connectivity index (χ3n) is 7.74. The first-order chi connectivity index (χ1) is 17.3. The van der Waals surface area contributed by atoms with E-state index in [4.69, 9.17) is 4.74 Å². The van der Waals surface area contributed by atoms with Gasteiger partial charge in [-0.15, -0.1) is 6.58 Å². The fraction of sp³-hybridized carbons (Fsp3) is 0.444. The molecular formula is C27H29BrN2O6. The lowest BCUT2D eigenvalue weighted by molar-refractivity contribution is -0.149. The van der Waals surface area contributed by atoms with Gasteiger partial charge in [0.05, 0.1) is 17.9 Å². The number of alkyl halides is 1. The first-order valence-electron chi connectivity index (χ1n) is 12.2. The number of hydrogen-bond acceptors (Lipinski definition) is 5. The molecule has 2 aromatic carbocycles. The van der Waals surface area contributed by atoms with Gasteiger partial charge in [-0.25, -0.2) is 0 Å². The van der Waals surface area contributed by atoms with Gasteiger partial charge in [0.2, 0.25) is 5.91 Å². The van der Waals surface area contributed by atoms with E-state index < -0.39 is 35.6 Å². The van der Waals surface area contributed by atoms with Crippen molar-refractivity contribution >= 4 is 50.2 Å². The van der Waals surface area contributed by atoms with Gasteiger partial charge >= 0.3 is 5.97 Å². The molecule has 3 unspecified atom stereocenters. The smallest absolute Gasteiger partial charge is 0.310 e. The minimum Gasteiger partial charge on any atom is -0.481 e. The van der Waals surface area contributed by atoms with Gasteiger partial charge in [0.15, 0.2) is 0 Å². The maximum absolute atomic E-state index is 14.4. The Morgan fingerprint density at radius 1 is 1.22 bits per heavy atom. The molecule has 0 aromatic heterocycles. The number of halogens is 1. The summed E-state index contributed by atoms with van der Waals surface area (Å²) in [6, 6.07) is 12.6. The van der Waals surface area contributed by atoms with E-state index >= 15 is 0 Å². The highest BCUT2D eigenvalue weighted by Crippen LogP contribution is 2.60. The van der Waals surface area contributed by atoms with Gasteiger partial charge in [-0.2, -0.15) is 0 Å². The van der Waals surface area contributed by atoms with Gasteiger partial charge in [-0.1, -0.05) is 52.3 Å². The Bertz CT molecular complexity index is 1220. The van der Waals surface area contributed by atoms with Crippen LogP contribution in [-0.4, -0.2) is 75.2 Å². The van der Waals surface area contributed by atoms with E-state index in [9.17, 15) is 24.6 Å². The number of anilines is 1. The van der Waals surface area contributed by atoms with Crippen LogP contribution in [0.5, 0.6) is 0 Å². The zero-order valence-electron chi connectivity index (χ0n) is 19.8. The highest BCUT2D eigenvalue weighted by molar-refractivity contribution is 9.09. The number of fused-ring (bicyclic) bond motifs is 2. The number of unbranched alkanes of at least 4 members (excludes halogenated alkanes) is 1. The molecule has 1 spiro atoms. The van der Waals surface area contributed by atoms with Crippen molar-refractivity contribution in [2.45, 2.75) is 41.8 Å². The summed E-state index contributed by atoms with van der Waals surface area (Å²) in [6.45, 7) is 4.26. The number of rotatable bonds is 9. The molecule has 3 heterocycles. The van der Waals surface area contributed by atoms with E-state index in [2.05, 4.69) is 22.5 Å². The zero-order chi connectivity index (χ0) is 25.6. The van der Waals surface area contributed by atoms with Crippen molar-refractivity contribution in [2.75, 3.05) is 24.6 Å². The molecule has 3 fully saturated rings. The number of ether oxygens (including phenoxy) is 1. The van der Waals surface area contributed by atoms with Crippen LogP contribution in [0.25, 0.3) is 10.8 Å². The fourth-order valence-electron chi connectivity index (χ4n) is 6.27. The molecule has 2 amide bonds. The Kier molecular flexibility index (Phi) is 6.65. The van der Waals surface area contributed by atoms with Crippen LogP contribution in [0.15, 0.2) is 55.1 Å². The molecule has 3 aliphatic rings. The molecule has 3 saturated heterocycles. The van der Waals surface area contributed by atoms with Crippen molar-refractivity contribution in [1.29, 1.82) is 0 Å². The second-order valence-corrected chi connectivity index (χ2v) is 10.9. The predicted molar refractivity (Wildman–Crippen MR) is 138 cm³/mol. The summed E-state index contributed by atoms with van der Waals surface area (Å²) in [5.74, 6) is -3.74. The molecule has 36 heavy (non-hydrogen) atoms. The van der Waals surface area contributed by atoms with Crippen molar-refractivity contribution in [3.05, 3.63) is 55.1 Å². The largest absolute Gasteiger partial charge is 0.481 e. The van der Waals surface area contributed by atoms with E-state index in [1.54, 1.807) is 11.0 Å². The number of aliphatic hydroxyl groups excluding tert-OH is 1. The summed E-state index contributed by atoms with van der Waals surface area (Å²) in [5.41, 5.74) is -0.565. The summed E-state index contributed by atoms with van der Waals surface area (Å²) in [4.78, 5) is 43.1. The molecule has 9 heteroatoms. The number of aliphatic carboxylic acids is 1. The number of likely N-dealkylation sites (tertiary alicyclic amines) is 1. The first kappa shape index (κ1) is 24.9.